The van der Waals surface area contributed by atoms with Gasteiger partial charge < -0.3 is 20.0 Å². The Bertz CT molecular complexity index is 476. The lowest BCUT2D eigenvalue weighted by molar-refractivity contribution is 0.0380. The van der Waals surface area contributed by atoms with Crippen molar-refractivity contribution in [3.05, 3.63) is 0 Å². The van der Waals surface area contributed by atoms with Crippen LogP contribution in [0.15, 0.2) is 0 Å². The predicted octanol–water partition coefficient (Wildman–Crippen LogP) is 2.77. The van der Waals surface area contributed by atoms with E-state index in [-0.39, 0.29) is 6.42 Å². The van der Waals surface area contributed by atoms with E-state index < -0.39 is 39.5 Å². The standard InChI is InChI=1S/C15H32O9P2/c1-14(2,23-25(18)19)10-8-12(16)6-5-7-13(17)9-11-15(3,4)24-26(20,21)22/h12-13,16-17H,5-11H2,1-4H3,(H2-,18,19,20,21,22)/p+1. The van der Waals surface area contributed by atoms with E-state index in [1.807, 2.05) is 0 Å². The van der Waals surface area contributed by atoms with Crippen LogP contribution < -0.4 is 0 Å². The van der Waals surface area contributed by atoms with E-state index >= 15 is 0 Å². The van der Waals surface area contributed by atoms with Crippen LogP contribution in [-0.4, -0.2) is 48.3 Å². The summed E-state index contributed by atoms with van der Waals surface area (Å²) in [4.78, 5) is 26.4. The van der Waals surface area contributed by atoms with Crippen LogP contribution in [0.4, 0.5) is 0 Å². The van der Waals surface area contributed by atoms with Crippen molar-refractivity contribution in [3.63, 3.8) is 0 Å². The van der Waals surface area contributed by atoms with Crippen LogP contribution >= 0.6 is 16.1 Å². The summed E-state index contributed by atoms with van der Waals surface area (Å²) >= 11 is 0. The zero-order valence-electron chi connectivity index (χ0n) is 15.9. The molecule has 0 aliphatic carbocycles. The summed E-state index contributed by atoms with van der Waals surface area (Å²) < 4.78 is 31.1. The fourth-order valence-electron chi connectivity index (χ4n) is 2.53. The Morgan fingerprint density at radius 1 is 0.923 bits per heavy atom. The molecule has 0 saturated carbocycles. The van der Waals surface area contributed by atoms with Gasteiger partial charge in [-0.05, 0) is 72.6 Å². The molecular formula is C15H33O9P2+. The van der Waals surface area contributed by atoms with Gasteiger partial charge in [0.25, 0.3) is 0 Å². The number of rotatable bonds is 14. The highest BCUT2D eigenvalue weighted by Crippen LogP contribution is 2.42. The SMILES string of the molecule is CC(C)(CCC(O)CCCC(O)CCC(C)(C)OP(=O)(O)O)O[P+](=O)O. The van der Waals surface area contributed by atoms with Gasteiger partial charge in [-0.25, -0.2) is 4.57 Å². The van der Waals surface area contributed by atoms with E-state index in [9.17, 15) is 19.3 Å². The third-order valence-electron chi connectivity index (χ3n) is 3.93. The van der Waals surface area contributed by atoms with Crippen molar-refractivity contribution < 1.29 is 43.1 Å². The van der Waals surface area contributed by atoms with E-state index in [1.165, 1.54) is 0 Å². The molecule has 0 radical (unpaired) electrons. The molecule has 0 heterocycles. The molecule has 0 rings (SSSR count). The monoisotopic (exact) mass is 419 g/mol. The summed E-state index contributed by atoms with van der Waals surface area (Å²) in [7, 11) is -7.26. The van der Waals surface area contributed by atoms with E-state index in [0.717, 1.165) is 0 Å². The Morgan fingerprint density at radius 3 is 1.73 bits per heavy atom. The van der Waals surface area contributed by atoms with Crippen molar-refractivity contribution in [1.82, 2.24) is 0 Å². The van der Waals surface area contributed by atoms with Gasteiger partial charge in [0, 0.05) is 4.57 Å². The minimum absolute atomic E-state index is 0.284. The maximum Gasteiger partial charge on any atom is 0.695 e. The fourth-order valence-corrected chi connectivity index (χ4v) is 3.78. The lowest BCUT2D eigenvalue weighted by Gasteiger charge is -2.26. The van der Waals surface area contributed by atoms with Gasteiger partial charge in [-0.2, -0.15) is 0 Å². The molecule has 11 heteroatoms. The number of aliphatic hydroxyl groups excluding tert-OH is 2. The van der Waals surface area contributed by atoms with Crippen LogP contribution in [0, 0.1) is 0 Å². The van der Waals surface area contributed by atoms with Crippen LogP contribution in [0.25, 0.3) is 0 Å². The lowest BCUT2D eigenvalue weighted by Crippen LogP contribution is -2.25. The summed E-state index contributed by atoms with van der Waals surface area (Å²) in [5, 5.41) is 19.9. The Morgan fingerprint density at radius 2 is 1.35 bits per heavy atom. The van der Waals surface area contributed by atoms with E-state index in [1.54, 1.807) is 27.7 Å². The minimum Gasteiger partial charge on any atom is -0.393 e. The van der Waals surface area contributed by atoms with Crippen molar-refractivity contribution in [3.8, 4) is 0 Å². The smallest absolute Gasteiger partial charge is 0.393 e. The third-order valence-corrected chi connectivity index (χ3v) is 5.31. The molecule has 3 atom stereocenters. The first-order valence-corrected chi connectivity index (χ1v) is 11.3. The second-order valence-corrected chi connectivity index (χ2v) is 9.57. The second-order valence-electron chi connectivity index (χ2n) is 7.75. The molecule has 0 fully saturated rings. The molecule has 3 unspecified atom stereocenters. The molecule has 0 aromatic rings. The number of phosphoric acid groups is 1. The molecule has 0 aliphatic heterocycles. The average molecular weight is 419 g/mol. The molecule has 156 valence electrons. The normalized spacial score (nSPS) is 16.4. The molecule has 0 aromatic heterocycles. The molecule has 9 nitrogen and oxygen atoms in total. The Labute approximate surface area is 155 Å². The van der Waals surface area contributed by atoms with Gasteiger partial charge in [0.05, 0.1) is 17.8 Å². The number of hydrogen-bond donors (Lipinski definition) is 5. The highest BCUT2D eigenvalue weighted by Gasteiger charge is 2.31. The van der Waals surface area contributed by atoms with E-state index in [0.29, 0.717) is 38.5 Å². The highest BCUT2D eigenvalue weighted by molar-refractivity contribution is 7.46. The molecule has 0 saturated heterocycles. The number of aliphatic hydroxyl groups is 2. The maximum atomic E-state index is 10.9. The van der Waals surface area contributed by atoms with Crippen LogP contribution in [0.1, 0.15) is 72.6 Å². The topological polar surface area (TPSA) is 154 Å². The summed E-state index contributed by atoms with van der Waals surface area (Å²) in [6.45, 7) is 6.45. The predicted molar refractivity (Wildman–Crippen MR) is 96.5 cm³/mol. The van der Waals surface area contributed by atoms with Gasteiger partial charge in [0.15, 0.2) is 0 Å². The van der Waals surface area contributed by atoms with Crippen molar-refractivity contribution in [1.29, 1.82) is 0 Å². The van der Waals surface area contributed by atoms with Crippen LogP contribution in [0.5, 0.6) is 0 Å². The molecule has 0 amide bonds. The molecule has 0 aliphatic rings. The second kappa shape index (κ2) is 11.1. The van der Waals surface area contributed by atoms with Gasteiger partial charge in [-0.15, -0.1) is 9.42 Å². The Kier molecular flexibility index (Phi) is 11.2. The number of phosphoric ester groups is 1. The Hall–Kier alpha value is 0.0500. The first kappa shape index (κ1) is 26.1. The number of hydrogen-bond acceptors (Lipinski definition) is 6. The molecule has 26 heavy (non-hydrogen) atoms. The van der Waals surface area contributed by atoms with Gasteiger partial charge in [-0.3, -0.25) is 4.52 Å². The molecule has 0 aromatic carbocycles. The zero-order valence-corrected chi connectivity index (χ0v) is 17.7. The van der Waals surface area contributed by atoms with Crippen molar-refractivity contribution >= 4 is 16.1 Å². The van der Waals surface area contributed by atoms with Gasteiger partial charge >= 0.3 is 16.1 Å². The quantitative estimate of drug-likeness (QED) is 0.267. The van der Waals surface area contributed by atoms with Crippen molar-refractivity contribution in [2.45, 2.75) is 96.1 Å². The van der Waals surface area contributed by atoms with Crippen molar-refractivity contribution in [2.24, 2.45) is 0 Å². The van der Waals surface area contributed by atoms with Gasteiger partial charge in [-0.1, -0.05) is 0 Å². The van der Waals surface area contributed by atoms with Crippen LogP contribution in [0.3, 0.4) is 0 Å². The Balaban J connectivity index is 4.02. The van der Waals surface area contributed by atoms with Crippen LogP contribution in [0.2, 0.25) is 0 Å². The molecule has 0 bridgehead atoms. The van der Waals surface area contributed by atoms with Crippen molar-refractivity contribution in [2.75, 3.05) is 0 Å². The summed E-state index contributed by atoms with van der Waals surface area (Å²) in [6, 6.07) is 0. The first-order valence-electron chi connectivity index (χ1n) is 8.60. The van der Waals surface area contributed by atoms with E-state index in [2.05, 4.69) is 4.52 Å². The summed E-state index contributed by atoms with van der Waals surface area (Å²) in [5.74, 6) is 0. The lowest BCUT2D eigenvalue weighted by atomic mass is 9.95. The average Bonchev–Trinajstić information content (AvgIpc) is 2.39. The zero-order chi connectivity index (χ0) is 20.6. The maximum absolute atomic E-state index is 10.9. The fraction of sp³-hybridized carbons (Fsp3) is 1.00. The largest absolute Gasteiger partial charge is 0.695 e. The van der Waals surface area contributed by atoms with Gasteiger partial charge in [0.2, 0.25) is 0 Å². The molecule has 0 spiro atoms. The first-order chi connectivity index (χ1) is 11.6. The minimum atomic E-state index is -4.57. The van der Waals surface area contributed by atoms with Crippen LogP contribution in [-0.2, 0) is 18.2 Å². The molecule has 5 N–H and O–H groups in total. The van der Waals surface area contributed by atoms with Gasteiger partial charge in [0.1, 0.15) is 5.60 Å². The van der Waals surface area contributed by atoms with E-state index in [4.69, 9.17) is 19.2 Å². The molecular weight excluding hydrogens is 386 g/mol. The summed E-state index contributed by atoms with van der Waals surface area (Å²) in [6.07, 6.45) is 1.70. The highest BCUT2D eigenvalue weighted by atomic mass is 31.2. The summed E-state index contributed by atoms with van der Waals surface area (Å²) in [5.41, 5.74) is -1.84. The third kappa shape index (κ3) is 15.1.